The molecule has 0 amide bonds. The Morgan fingerprint density at radius 1 is 1.05 bits per heavy atom. The third kappa shape index (κ3) is 4.85. The summed E-state index contributed by atoms with van der Waals surface area (Å²) in [6, 6.07) is 11.7. The van der Waals surface area contributed by atoms with Gasteiger partial charge in [0, 0.05) is 12.6 Å². The van der Waals surface area contributed by atoms with E-state index in [0.717, 1.165) is 18.5 Å². The minimum atomic E-state index is 0.629. The Morgan fingerprint density at radius 2 is 1.71 bits per heavy atom. The Hall–Kier alpha value is -0.820. The van der Waals surface area contributed by atoms with Crippen molar-refractivity contribution in [1.29, 1.82) is 0 Å². The van der Waals surface area contributed by atoms with Crippen LogP contribution in [0.5, 0.6) is 0 Å². The molecule has 0 bridgehead atoms. The SMILES string of the molecule is CCC(NCC(c1ccccc1)C(C)C)C1CCCCC1. The van der Waals surface area contributed by atoms with E-state index in [1.54, 1.807) is 0 Å². The highest BCUT2D eigenvalue weighted by Crippen LogP contribution is 2.29. The van der Waals surface area contributed by atoms with Gasteiger partial charge in [0.1, 0.15) is 0 Å². The summed E-state index contributed by atoms with van der Waals surface area (Å²) in [5, 5.41) is 3.92. The van der Waals surface area contributed by atoms with Crippen LogP contribution in [0.4, 0.5) is 0 Å². The lowest BCUT2D eigenvalue weighted by molar-refractivity contribution is 0.255. The Kier molecular flexibility index (Phi) is 6.76. The third-order valence-corrected chi connectivity index (χ3v) is 5.29. The number of hydrogen-bond acceptors (Lipinski definition) is 1. The van der Waals surface area contributed by atoms with Crippen LogP contribution < -0.4 is 5.32 Å². The average molecular weight is 287 g/mol. The molecule has 2 unspecified atom stereocenters. The van der Waals surface area contributed by atoms with E-state index in [4.69, 9.17) is 0 Å². The van der Waals surface area contributed by atoms with Crippen molar-refractivity contribution in [3.63, 3.8) is 0 Å². The minimum absolute atomic E-state index is 0.629. The lowest BCUT2D eigenvalue weighted by atomic mass is 9.82. The zero-order valence-corrected chi connectivity index (χ0v) is 14.1. The van der Waals surface area contributed by atoms with E-state index >= 15 is 0 Å². The van der Waals surface area contributed by atoms with E-state index < -0.39 is 0 Å². The van der Waals surface area contributed by atoms with Crippen LogP contribution in [0.25, 0.3) is 0 Å². The lowest BCUT2D eigenvalue weighted by Gasteiger charge is -2.32. The van der Waals surface area contributed by atoms with Crippen LogP contribution in [0.3, 0.4) is 0 Å². The van der Waals surface area contributed by atoms with Gasteiger partial charge in [0.15, 0.2) is 0 Å². The summed E-state index contributed by atoms with van der Waals surface area (Å²) >= 11 is 0. The van der Waals surface area contributed by atoms with E-state index in [0.29, 0.717) is 11.8 Å². The molecule has 1 nitrogen and oxygen atoms in total. The fourth-order valence-electron chi connectivity index (χ4n) is 3.90. The maximum Gasteiger partial charge on any atom is 0.00929 e. The Bertz CT molecular complexity index is 378. The Balaban J connectivity index is 1.94. The first kappa shape index (κ1) is 16.5. The molecule has 1 saturated carbocycles. The molecule has 0 heterocycles. The molecule has 0 aromatic heterocycles. The van der Waals surface area contributed by atoms with Gasteiger partial charge in [0.2, 0.25) is 0 Å². The largest absolute Gasteiger partial charge is 0.313 e. The smallest absolute Gasteiger partial charge is 0.00929 e. The highest BCUT2D eigenvalue weighted by atomic mass is 14.9. The van der Waals surface area contributed by atoms with Crippen molar-refractivity contribution < 1.29 is 0 Å². The monoisotopic (exact) mass is 287 g/mol. The van der Waals surface area contributed by atoms with E-state index in [1.165, 1.54) is 44.1 Å². The third-order valence-electron chi connectivity index (χ3n) is 5.29. The summed E-state index contributed by atoms with van der Waals surface area (Å²) in [6.07, 6.45) is 8.46. The van der Waals surface area contributed by atoms with E-state index in [-0.39, 0.29) is 0 Å². The maximum absolute atomic E-state index is 3.92. The fourth-order valence-corrected chi connectivity index (χ4v) is 3.90. The van der Waals surface area contributed by atoms with E-state index in [9.17, 15) is 0 Å². The van der Waals surface area contributed by atoms with Gasteiger partial charge in [-0.3, -0.25) is 0 Å². The molecule has 2 atom stereocenters. The first-order chi connectivity index (χ1) is 10.2. The van der Waals surface area contributed by atoms with Crippen molar-refractivity contribution in [3.05, 3.63) is 35.9 Å². The summed E-state index contributed by atoms with van der Waals surface area (Å²) in [5.41, 5.74) is 1.48. The Morgan fingerprint density at radius 3 is 2.29 bits per heavy atom. The zero-order chi connectivity index (χ0) is 15.1. The topological polar surface area (TPSA) is 12.0 Å². The molecule has 1 heteroatoms. The second-order valence-corrected chi connectivity index (χ2v) is 7.08. The summed E-state index contributed by atoms with van der Waals surface area (Å²) in [7, 11) is 0. The number of nitrogens with one attached hydrogen (secondary N) is 1. The summed E-state index contributed by atoms with van der Waals surface area (Å²) < 4.78 is 0. The summed E-state index contributed by atoms with van der Waals surface area (Å²) in [6.45, 7) is 8.16. The average Bonchev–Trinajstić information content (AvgIpc) is 2.53. The van der Waals surface area contributed by atoms with Gasteiger partial charge in [-0.2, -0.15) is 0 Å². The molecule has 1 aromatic rings. The van der Waals surface area contributed by atoms with Crippen LogP contribution in [-0.2, 0) is 0 Å². The van der Waals surface area contributed by atoms with E-state index in [2.05, 4.69) is 56.4 Å². The molecular weight excluding hydrogens is 254 g/mol. The van der Waals surface area contributed by atoms with Gasteiger partial charge in [0.05, 0.1) is 0 Å². The standard InChI is InChI=1S/C20H33N/c1-4-20(18-13-9-6-10-14-18)21-15-19(16(2)3)17-11-7-5-8-12-17/h5,7-8,11-12,16,18-21H,4,6,9-10,13-15H2,1-3H3. The van der Waals surface area contributed by atoms with Crippen LogP contribution in [0, 0.1) is 11.8 Å². The number of benzene rings is 1. The molecule has 1 aromatic carbocycles. The Labute approximate surface area is 131 Å². The van der Waals surface area contributed by atoms with Crippen LogP contribution in [0.15, 0.2) is 30.3 Å². The van der Waals surface area contributed by atoms with Crippen molar-refractivity contribution in [3.8, 4) is 0 Å². The fraction of sp³-hybridized carbons (Fsp3) is 0.700. The predicted molar refractivity (Wildman–Crippen MR) is 92.7 cm³/mol. The molecule has 21 heavy (non-hydrogen) atoms. The maximum atomic E-state index is 3.92. The van der Waals surface area contributed by atoms with E-state index in [1.807, 2.05) is 0 Å². The van der Waals surface area contributed by atoms with Crippen molar-refractivity contribution in [2.45, 2.75) is 71.3 Å². The molecule has 0 spiro atoms. The molecular formula is C20H33N. The van der Waals surface area contributed by atoms with Crippen LogP contribution in [-0.4, -0.2) is 12.6 Å². The summed E-state index contributed by atoms with van der Waals surface area (Å²) in [4.78, 5) is 0. The number of rotatable bonds is 7. The predicted octanol–water partition coefficient (Wildman–Crippen LogP) is 5.37. The van der Waals surface area contributed by atoms with Gasteiger partial charge < -0.3 is 5.32 Å². The van der Waals surface area contributed by atoms with Gasteiger partial charge in [-0.1, -0.05) is 70.4 Å². The van der Waals surface area contributed by atoms with Gasteiger partial charge >= 0.3 is 0 Å². The van der Waals surface area contributed by atoms with Crippen molar-refractivity contribution >= 4 is 0 Å². The highest BCUT2D eigenvalue weighted by Gasteiger charge is 2.24. The highest BCUT2D eigenvalue weighted by molar-refractivity contribution is 5.20. The van der Waals surface area contributed by atoms with Gasteiger partial charge in [-0.25, -0.2) is 0 Å². The zero-order valence-electron chi connectivity index (χ0n) is 14.1. The molecule has 118 valence electrons. The quantitative estimate of drug-likeness (QED) is 0.710. The molecule has 0 radical (unpaired) electrons. The van der Waals surface area contributed by atoms with Gasteiger partial charge in [-0.05, 0) is 42.6 Å². The van der Waals surface area contributed by atoms with Crippen LogP contribution >= 0.6 is 0 Å². The first-order valence-corrected chi connectivity index (χ1v) is 9.00. The van der Waals surface area contributed by atoms with Gasteiger partial charge in [-0.15, -0.1) is 0 Å². The molecule has 1 aliphatic rings. The van der Waals surface area contributed by atoms with Crippen molar-refractivity contribution in [1.82, 2.24) is 5.32 Å². The molecule has 0 saturated heterocycles. The summed E-state index contributed by atoms with van der Waals surface area (Å²) in [5.74, 6) is 2.22. The molecule has 0 aliphatic heterocycles. The number of hydrogen-bond donors (Lipinski definition) is 1. The molecule has 1 fully saturated rings. The van der Waals surface area contributed by atoms with Crippen molar-refractivity contribution in [2.24, 2.45) is 11.8 Å². The van der Waals surface area contributed by atoms with Crippen molar-refractivity contribution in [2.75, 3.05) is 6.54 Å². The lowest BCUT2D eigenvalue weighted by Crippen LogP contribution is -2.39. The van der Waals surface area contributed by atoms with Gasteiger partial charge in [0.25, 0.3) is 0 Å². The van der Waals surface area contributed by atoms with Crippen LogP contribution in [0.2, 0.25) is 0 Å². The molecule has 2 rings (SSSR count). The normalized spacial score (nSPS) is 19.6. The van der Waals surface area contributed by atoms with Crippen LogP contribution in [0.1, 0.15) is 70.8 Å². The minimum Gasteiger partial charge on any atom is -0.313 e. The first-order valence-electron chi connectivity index (χ1n) is 9.00. The molecule has 1 aliphatic carbocycles. The second kappa shape index (κ2) is 8.58. The second-order valence-electron chi connectivity index (χ2n) is 7.08. The molecule has 1 N–H and O–H groups in total.